The van der Waals surface area contributed by atoms with E-state index in [9.17, 15) is 0 Å². The molecule has 0 fully saturated rings. The summed E-state index contributed by atoms with van der Waals surface area (Å²) in [5.74, 6) is 1.05. The molecular weight excluding hydrogens is 286 g/mol. The standard InChI is InChI=1S/C19H27N3O/c1-2-20-19(21-11-7-16-9-13-23-14-10-16)22-12-8-17-5-3-4-6-18(17)15-22/h3-6,9H,2,7-8,10-15H2,1H3,(H,20,21). The molecule has 0 radical (unpaired) electrons. The second-order valence-corrected chi connectivity index (χ2v) is 6.11. The van der Waals surface area contributed by atoms with Crippen LogP contribution in [0.25, 0.3) is 0 Å². The maximum absolute atomic E-state index is 5.36. The largest absolute Gasteiger partial charge is 0.377 e. The van der Waals surface area contributed by atoms with Gasteiger partial charge >= 0.3 is 0 Å². The van der Waals surface area contributed by atoms with Crippen molar-refractivity contribution in [1.82, 2.24) is 10.2 Å². The lowest BCUT2D eigenvalue weighted by molar-refractivity contribution is 0.153. The number of hydrogen-bond acceptors (Lipinski definition) is 2. The third-order valence-corrected chi connectivity index (χ3v) is 4.52. The van der Waals surface area contributed by atoms with E-state index in [0.717, 1.165) is 64.6 Å². The molecule has 1 aromatic carbocycles. The average Bonchev–Trinajstić information content (AvgIpc) is 2.61. The van der Waals surface area contributed by atoms with E-state index in [0.29, 0.717) is 0 Å². The molecule has 0 saturated heterocycles. The number of benzene rings is 1. The number of fused-ring (bicyclic) bond motifs is 1. The Kier molecular flexibility index (Phi) is 5.70. The second-order valence-electron chi connectivity index (χ2n) is 6.11. The normalized spacial score (nSPS) is 18.4. The van der Waals surface area contributed by atoms with Crippen molar-refractivity contribution < 1.29 is 4.74 Å². The molecule has 2 heterocycles. The Morgan fingerprint density at radius 3 is 2.91 bits per heavy atom. The molecule has 4 heteroatoms. The van der Waals surface area contributed by atoms with Gasteiger partial charge in [-0.25, -0.2) is 0 Å². The average molecular weight is 313 g/mol. The SMILES string of the molecule is CCNC(=NCCC1=CCOCC1)N1CCc2ccccc2C1. The van der Waals surface area contributed by atoms with Gasteiger partial charge in [-0.3, -0.25) is 4.99 Å². The van der Waals surface area contributed by atoms with E-state index in [-0.39, 0.29) is 0 Å². The molecule has 2 aliphatic rings. The molecule has 1 N–H and O–H groups in total. The number of aliphatic imine (C=N–C) groups is 1. The first-order valence-corrected chi connectivity index (χ1v) is 8.72. The molecule has 0 spiro atoms. The minimum Gasteiger partial charge on any atom is -0.377 e. The Balaban J connectivity index is 1.62. The fraction of sp³-hybridized carbons (Fsp3) is 0.526. The van der Waals surface area contributed by atoms with Crippen LogP contribution in [0.1, 0.15) is 30.9 Å². The van der Waals surface area contributed by atoms with E-state index in [1.54, 1.807) is 0 Å². The molecule has 2 aliphatic heterocycles. The fourth-order valence-corrected chi connectivity index (χ4v) is 3.20. The lowest BCUT2D eigenvalue weighted by Gasteiger charge is -2.31. The van der Waals surface area contributed by atoms with Crippen molar-refractivity contribution in [3.05, 3.63) is 47.0 Å². The highest BCUT2D eigenvalue weighted by Crippen LogP contribution is 2.18. The summed E-state index contributed by atoms with van der Waals surface area (Å²) in [6.45, 7) is 7.52. The summed E-state index contributed by atoms with van der Waals surface area (Å²) in [7, 11) is 0. The summed E-state index contributed by atoms with van der Waals surface area (Å²) in [4.78, 5) is 7.23. The predicted octanol–water partition coefficient (Wildman–Crippen LogP) is 2.75. The zero-order valence-corrected chi connectivity index (χ0v) is 14.1. The van der Waals surface area contributed by atoms with Crippen molar-refractivity contribution in [1.29, 1.82) is 0 Å². The number of guanidine groups is 1. The van der Waals surface area contributed by atoms with E-state index in [4.69, 9.17) is 9.73 Å². The Bertz CT molecular complexity index is 580. The minimum atomic E-state index is 0.766. The molecule has 0 aliphatic carbocycles. The van der Waals surface area contributed by atoms with Crippen LogP contribution in [0.15, 0.2) is 40.9 Å². The molecule has 0 aromatic heterocycles. The quantitative estimate of drug-likeness (QED) is 0.527. The van der Waals surface area contributed by atoms with E-state index in [1.165, 1.54) is 16.7 Å². The highest BCUT2D eigenvalue weighted by Gasteiger charge is 2.18. The Labute approximate surface area is 139 Å². The van der Waals surface area contributed by atoms with Crippen LogP contribution in [0, 0.1) is 0 Å². The van der Waals surface area contributed by atoms with Crippen LogP contribution in [0.5, 0.6) is 0 Å². The minimum absolute atomic E-state index is 0.766. The smallest absolute Gasteiger partial charge is 0.194 e. The lowest BCUT2D eigenvalue weighted by Crippen LogP contribution is -2.44. The summed E-state index contributed by atoms with van der Waals surface area (Å²) in [5, 5.41) is 3.45. The van der Waals surface area contributed by atoms with E-state index in [2.05, 4.69) is 47.5 Å². The van der Waals surface area contributed by atoms with Gasteiger partial charge in [0.25, 0.3) is 0 Å². The Morgan fingerprint density at radius 1 is 1.26 bits per heavy atom. The van der Waals surface area contributed by atoms with Gasteiger partial charge in [0.15, 0.2) is 5.96 Å². The van der Waals surface area contributed by atoms with Gasteiger partial charge in [0.05, 0.1) is 13.2 Å². The van der Waals surface area contributed by atoms with E-state index < -0.39 is 0 Å². The highest BCUT2D eigenvalue weighted by molar-refractivity contribution is 5.80. The monoisotopic (exact) mass is 313 g/mol. The van der Waals surface area contributed by atoms with Crippen molar-refractivity contribution in [3.63, 3.8) is 0 Å². The van der Waals surface area contributed by atoms with Crippen LogP contribution in [-0.4, -0.2) is 43.7 Å². The molecule has 23 heavy (non-hydrogen) atoms. The van der Waals surface area contributed by atoms with Gasteiger partial charge in [-0.15, -0.1) is 0 Å². The van der Waals surface area contributed by atoms with Crippen molar-refractivity contribution in [2.45, 2.75) is 32.7 Å². The topological polar surface area (TPSA) is 36.9 Å². The Hall–Kier alpha value is -1.81. The number of nitrogens with zero attached hydrogens (tertiary/aromatic N) is 2. The first-order valence-electron chi connectivity index (χ1n) is 8.72. The molecule has 3 rings (SSSR count). The number of hydrogen-bond donors (Lipinski definition) is 1. The number of rotatable bonds is 4. The van der Waals surface area contributed by atoms with Crippen LogP contribution in [0.2, 0.25) is 0 Å². The first kappa shape index (κ1) is 16.1. The predicted molar refractivity (Wildman–Crippen MR) is 94.7 cm³/mol. The summed E-state index contributed by atoms with van der Waals surface area (Å²) < 4.78 is 5.36. The van der Waals surface area contributed by atoms with Gasteiger partial charge in [-0.1, -0.05) is 35.9 Å². The zero-order chi connectivity index (χ0) is 15.9. The molecule has 124 valence electrons. The molecule has 1 aromatic rings. The van der Waals surface area contributed by atoms with Crippen LogP contribution in [0.3, 0.4) is 0 Å². The van der Waals surface area contributed by atoms with Gasteiger partial charge in [-0.2, -0.15) is 0 Å². The van der Waals surface area contributed by atoms with Gasteiger partial charge in [0.2, 0.25) is 0 Å². The highest BCUT2D eigenvalue weighted by atomic mass is 16.5. The molecule has 0 amide bonds. The number of ether oxygens (including phenoxy) is 1. The summed E-state index contributed by atoms with van der Waals surface area (Å²) in [5.41, 5.74) is 4.39. The van der Waals surface area contributed by atoms with Crippen LogP contribution < -0.4 is 5.32 Å². The third kappa shape index (κ3) is 4.35. The van der Waals surface area contributed by atoms with Crippen LogP contribution in [-0.2, 0) is 17.7 Å². The lowest BCUT2D eigenvalue weighted by atomic mass is 10.0. The number of nitrogens with one attached hydrogen (secondary N) is 1. The third-order valence-electron chi connectivity index (χ3n) is 4.52. The van der Waals surface area contributed by atoms with Gasteiger partial charge in [0, 0.05) is 26.2 Å². The fourth-order valence-electron chi connectivity index (χ4n) is 3.20. The molecular formula is C19H27N3O. The maximum Gasteiger partial charge on any atom is 0.194 e. The van der Waals surface area contributed by atoms with Gasteiger partial charge in [-0.05, 0) is 37.3 Å². The second kappa shape index (κ2) is 8.16. The molecule has 0 unspecified atom stereocenters. The van der Waals surface area contributed by atoms with Crippen molar-refractivity contribution in [2.24, 2.45) is 4.99 Å². The van der Waals surface area contributed by atoms with Crippen LogP contribution >= 0.6 is 0 Å². The van der Waals surface area contributed by atoms with Crippen LogP contribution in [0.4, 0.5) is 0 Å². The molecule has 4 nitrogen and oxygen atoms in total. The van der Waals surface area contributed by atoms with E-state index >= 15 is 0 Å². The van der Waals surface area contributed by atoms with Gasteiger partial charge in [0.1, 0.15) is 0 Å². The summed E-state index contributed by atoms with van der Waals surface area (Å²) in [6.07, 6.45) is 5.41. The zero-order valence-electron chi connectivity index (χ0n) is 14.1. The van der Waals surface area contributed by atoms with Crippen molar-refractivity contribution >= 4 is 5.96 Å². The summed E-state index contributed by atoms with van der Waals surface area (Å²) >= 11 is 0. The molecule has 0 saturated carbocycles. The summed E-state index contributed by atoms with van der Waals surface area (Å²) in [6, 6.07) is 8.74. The van der Waals surface area contributed by atoms with E-state index in [1.807, 2.05) is 0 Å². The molecule has 0 atom stereocenters. The first-order chi connectivity index (χ1) is 11.4. The Morgan fingerprint density at radius 2 is 2.13 bits per heavy atom. The maximum atomic E-state index is 5.36. The van der Waals surface area contributed by atoms with Crippen molar-refractivity contribution in [3.8, 4) is 0 Å². The van der Waals surface area contributed by atoms with Crippen molar-refractivity contribution in [2.75, 3.05) is 32.8 Å². The van der Waals surface area contributed by atoms with Gasteiger partial charge < -0.3 is 15.0 Å². The molecule has 0 bridgehead atoms.